The average Bonchev–Trinajstić information content (AvgIpc) is 3.15. The maximum atomic E-state index is 13.2. The van der Waals surface area contributed by atoms with Crippen molar-refractivity contribution in [2.24, 2.45) is 4.99 Å². The predicted octanol–water partition coefficient (Wildman–Crippen LogP) is 7.44. The molecule has 1 fully saturated rings. The number of thioether (sulfide) groups is 1. The fraction of sp³-hybridized carbons (Fsp3) is 0.214. The maximum absolute atomic E-state index is 13.2. The molecule has 0 spiro atoms. The second-order valence-electron chi connectivity index (χ2n) is 8.16. The first-order chi connectivity index (χ1) is 16.9. The number of halogens is 1. The molecule has 1 aliphatic rings. The molecule has 0 unspecified atom stereocenters. The van der Waals surface area contributed by atoms with Crippen molar-refractivity contribution < 1.29 is 14.3 Å². The second-order valence-corrected chi connectivity index (χ2v) is 10.1. The molecule has 0 saturated carbocycles. The van der Waals surface area contributed by atoms with Crippen LogP contribution in [0.3, 0.4) is 0 Å². The highest BCUT2D eigenvalue weighted by Crippen LogP contribution is 2.37. The fourth-order valence-electron chi connectivity index (χ4n) is 3.53. The smallest absolute Gasteiger partial charge is 0.266 e. The van der Waals surface area contributed by atoms with Gasteiger partial charge in [-0.05, 0) is 86.1 Å². The van der Waals surface area contributed by atoms with Crippen molar-refractivity contribution >= 4 is 50.5 Å². The zero-order chi connectivity index (χ0) is 24.8. The number of ether oxygens (including phenoxy) is 2. The Morgan fingerprint density at radius 2 is 1.74 bits per heavy atom. The van der Waals surface area contributed by atoms with Crippen LogP contribution in [-0.2, 0) is 11.4 Å². The van der Waals surface area contributed by atoms with Gasteiger partial charge in [-0.15, -0.1) is 0 Å². The Morgan fingerprint density at radius 3 is 2.43 bits per heavy atom. The van der Waals surface area contributed by atoms with Gasteiger partial charge in [-0.3, -0.25) is 9.69 Å². The topological polar surface area (TPSA) is 51.1 Å². The third kappa shape index (κ3) is 6.35. The molecule has 0 radical (unpaired) electrons. The summed E-state index contributed by atoms with van der Waals surface area (Å²) in [6.07, 6.45) is 1.89. The number of benzene rings is 3. The SMILES string of the molecule is CCOc1cc(/C=C2/SC(=Nc3ccccc3)N(C(C)C)C2=O)ccc1OCc1ccc(Br)cc1. The molecule has 180 valence electrons. The molecule has 1 saturated heterocycles. The molecule has 0 N–H and O–H groups in total. The van der Waals surface area contributed by atoms with Crippen LogP contribution in [0.1, 0.15) is 31.9 Å². The number of para-hydroxylation sites is 1. The standard InChI is InChI=1S/C28H27BrN2O3S/c1-4-33-25-16-21(12-15-24(25)34-18-20-10-13-22(29)14-11-20)17-26-27(32)31(19(2)3)28(35-26)30-23-8-6-5-7-9-23/h5-17,19H,4,18H2,1-3H3/b26-17+,30-28?. The van der Waals surface area contributed by atoms with Crippen LogP contribution in [0.15, 0.2) is 87.2 Å². The van der Waals surface area contributed by atoms with Crippen molar-refractivity contribution in [3.05, 3.63) is 93.3 Å². The number of amidine groups is 1. The Kier molecular flexibility index (Phi) is 8.31. The van der Waals surface area contributed by atoms with Gasteiger partial charge in [0, 0.05) is 10.5 Å². The third-order valence-electron chi connectivity index (χ3n) is 5.21. The van der Waals surface area contributed by atoms with Crippen molar-refractivity contribution in [2.75, 3.05) is 6.61 Å². The van der Waals surface area contributed by atoms with Crippen LogP contribution in [0.5, 0.6) is 11.5 Å². The Morgan fingerprint density at radius 1 is 1.00 bits per heavy atom. The van der Waals surface area contributed by atoms with Gasteiger partial charge in [0.2, 0.25) is 0 Å². The molecule has 5 nitrogen and oxygen atoms in total. The van der Waals surface area contributed by atoms with Crippen LogP contribution < -0.4 is 9.47 Å². The monoisotopic (exact) mass is 550 g/mol. The van der Waals surface area contributed by atoms with Crippen LogP contribution in [0.25, 0.3) is 6.08 Å². The Hall–Kier alpha value is -3.03. The van der Waals surface area contributed by atoms with E-state index in [1.807, 2.05) is 99.6 Å². The van der Waals surface area contributed by atoms with Gasteiger partial charge in [0.25, 0.3) is 5.91 Å². The molecule has 0 bridgehead atoms. The largest absolute Gasteiger partial charge is 0.490 e. The number of hydrogen-bond acceptors (Lipinski definition) is 5. The lowest BCUT2D eigenvalue weighted by atomic mass is 10.1. The fourth-order valence-corrected chi connectivity index (χ4v) is 4.91. The van der Waals surface area contributed by atoms with E-state index in [4.69, 9.17) is 14.5 Å². The summed E-state index contributed by atoms with van der Waals surface area (Å²) >= 11 is 4.84. The van der Waals surface area contributed by atoms with Crippen molar-refractivity contribution in [1.82, 2.24) is 4.90 Å². The van der Waals surface area contributed by atoms with Crippen molar-refractivity contribution in [2.45, 2.75) is 33.4 Å². The molecule has 0 atom stereocenters. The summed E-state index contributed by atoms with van der Waals surface area (Å²) in [7, 11) is 0. The number of nitrogens with zero attached hydrogens (tertiary/aromatic N) is 2. The highest BCUT2D eigenvalue weighted by atomic mass is 79.9. The van der Waals surface area contributed by atoms with E-state index >= 15 is 0 Å². The van der Waals surface area contributed by atoms with Crippen molar-refractivity contribution in [1.29, 1.82) is 0 Å². The van der Waals surface area contributed by atoms with Crippen LogP contribution in [0.2, 0.25) is 0 Å². The van der Waals surface area contributed by atoms with Crippen LogP contribution in [0, 0.1) is 0 Å². The normalized spacial score (nSPS) is 15.9. The van der Waals surface area contributed by atoms with Gasteiger partial charge in [-0.25, -0.2) is 4.99 Å². The van der Waals surface area contributed by atoms with E-state index < -0.39 is 0 Å². The van der Waals surface area contributed by atoms with Crippen LogP contribution >= 0.6 is 27.7 Å². The van der Waals surface area contributed by atoms with Gasteiger partial charge in [0.15, 0.2) is 16.7 Å². The Balaban J connectivity index is 1.57. The Labute approximate surface area is 219 Å². The number of aliphatic imine (C=N–C) groups is 1. The molecule has 1 heterocycles. The number of carbonyl (C=O) groups is 1. The van der Waals surface area contributed by atoms with E-state index in [9.17, 15) is 4.79 Å². The highest BCUT2D eigenvalue weighted by molar-refractivity contribution is 9.10. The lowest BCUT2D eigenvalue weighted by molar-refractivity contribution is -0.123. The average molecular weight is 552 g/mol. The number of rotatable bonds is 8. The van der Waals surface area contributed by atoms with Gasteiger partial charge < -0.3 is 9.47 Å². The maximum Gasteiger partial charge on any atom is 0.266 e. The summed E-state index contributed by atoms with van der Waals surface area (Å²) < 4.78 is 12.9. The molecule has 35 heavy (non-hydrogen) atoms. The molecular formula is C28H27BrN2O3S. The number of hydrogen-bond donors (Lipinski definition) is 0. The molecule has 4 rings (SSSR count). The molecule has 3 aromatic rings. The molecule has 7 heteroatoms. The predicted molar refractivity (Wildman–Crippen MR) is 147 cm³/mol. The highest BCUT2D eigenvalue weighted by Gasteiger charge is 2.35. The van der Waals surface area contributed by atoms with E-state index in [0.717, 1.165) is 21.3 Å². The lowest BCUT2D eigenvalue weighted by Crippen LogP contribution is -2.35. The van der Waals surface area contributed by atoms with Gasteiger partial charge in [-0.1, -0.05) is 52.3 Å². The van der Waals surface area contributed by atoms with E-state index in [0.29, 0.717) is 34.8 Å². The molecule has 1 aliphatic heterocycles. The summed E-state index contributed by atoms with van der Waals surface area (Å²) in [6.45, 7) is 6.87. The van der Waals surface area contributed by atoms with Crippen molar-refractivity contribution in [3.63, 3.8) is 0 Å². The van der Waals surface area contributed by atoms with Crippen molar-refractivity contribution in [3.8, 4) is 11.5 Å². The lowest BCUT2D eigenvalue weighted by Gasteiger charge is -2.19. The van der Waals surface area contributed by atoms with E-state index in [2.05, 4.69) is 15.9 Å². The quantitative estimate of drug-likeness (QED) is 0.273. The summed E-state index contributed by atoms with van der Waals surface area (Å²) in [4.78, 5) is 20.3. The minimum absolute atomic E-state index is 0.00302. The van der Waals surface area contributed by atoms with Crippen LogP contribution in [0.4, 0.5) is 5.69 Å². The van der Waals surface area contributed by atoms with E-state index in [-0.39, 0.29) is 11.9 Å². The summed E-state index contributed by atoms with van der Waals surface area (Å²) in [5, 5.41) is 0.682. The van der Waals surface area contributed by atoms with E-state index in [1.54, 1.807) is 4.90 Å². The zero-order valence-corrected chi connectivity index (χ0v) is 22.3. The summed E-state index contributed by atoms with van der Waals surface area (Å²) in [5.74, 6) is 1.26. The summed E-state index contributed by atoms with van der Waals surface area (Å²) in [6, 6.07) is 23.4. The molecule has 1 amide bonds. The van der Waals surface area contributed by atoms with Gasteiger partial charge in [0.1, 0.15) is 6.61 Å². The third-order valence-corrected chi connectivity index (χ3v) is 6.72. The summed E-state index contributed by atoms with van der Waals surface area (Å²) in [5.41, 5.74) is 2.75. The van der Waals surface area contributed by atoms with Gasteiger partial charge in [-0.2, -0.15) is 0 Å². The Bertz CT molecular complexity index is 1240. The molecule has 0 aromatic heterocycles. The minimum Gasteiger partial charge on any atom is -0.490 e. The zero-order valence-electron chi connectivity index (χ0n) is 19.9. The molecular weight excluding hydrogens is 524 g/mol. The van der Waals surface area contributed by atoms with E-state index in [1.165, 1.54) is 11.8 Å². The minimum atomic E-state index is -0.0480. The first-order valence-electron chi connectivity index (χ1n) is 11.5. The van der Waals surface area contributed by atoms with Gasteiger partial charge >= 0.3 is 0 Å². The number of carbonyl (C=O) groups excluding carboxylic acids is 1. The molecule has 0 aliphatic carbocycles. The number of amides is 1. The first-order valence-corrected chi connectivity index (χ1v) is 13.1. The van der Waals surface area contributed by atoms with Gasteiger partial charge in [0.05, 0.1) is 17.2 Å². The molecule has 3 aromatic carbocycles. The van der Waals surface area contributed by atoms with Crippen LogP contribution in [-0.4, -0.2) is 28.6 Å². The first kappa shape index (κ1) is 25.1. The second kappa shape index (κ2) is 11.6.